The summed E-state index contributed by atoms with van der Waals surface area (Å²) in [6, 6.07) is 2.77. The summed E-state index contributed by atoms with van der Waals surface area (Å²) < 4.78 is 5.02. The first-order chi connectivity index (χ1) is 11.0. The van der Waals surface area contributed by atoms with Crippen molar-refractivity contribution in [3.05, 3.63) is 28.4 Å². The van der Waals surface area contributed by atoms with Gasteiger partial charge in [0, 0.05) is 19.2 Å². The Labute approximate surface area is 133 Å². The molecule has 9 nitrogen and oxygen atoms in total. The Morgan fingerprint density at radius 3 is 2.74 bits per heavy atom. The predicted molar refractivity (Wildman–Crippen MR) is 83.1 cm³/mol. The van der Waals surface area contributed by atoms with Crippen LogP contribution in [-0.2, 0) is 9.53 Å². The van der Waals surface area contributed by atoms with Crippen LogP contribution in [0.2, 0.25) is 0 Å². The summed E-state index contributed by atoms with van der Waals surface area (Å²) in [4.78, 5) is 31.6. The molecule has 1 aromatic heterocycles. The highest BCUT2D eigenvalue weighted by Crippen LogP contribution is 2.19. The summed E-state index contributed by atoms with van der Waals surface area (Å²) in [5.41, 5.74) is 5.85. The van der Waals surface area contributed by atoms with Crippen molar-refractivity contribution in [1.29, 1.82) is 0 Å². The normalized spacial score (nSPS) is 16.2. The van der Waals surface area contributed by atoms with Crippen molar-refractivity contribution >= 4 is 23.4 Å². The van der Waals surface area contributed by atoms with Crippen molar-refractivity contribution < 1.29 is 14.5 Å². The number of piperidine rings is 1. The molecule has 1 aliphatic rings. The molecule has 0 saturated carbocycles. The number of hydrogen-bond donors (Lipinski definition) is 1. The molecule has 9 heteroatoms. The number of carbonyl (C=O) groups is 1. The second kappa shape index (κ2) is 7.52. The number of esters is 1. The molecule has 0 aromatic carbocycles. The van der Waals surface area contributed by atoms with Gasteiger partial charge in [0.15, 0.2) is 11.8 Å². The van der Waals surface area contributed by atoms with Crippen molar-refractivity contribution in [3.63, 3.8) is 0 Å². The highest BCUT2D eigenvalue weighted by atomic mass is 16.6. The molecule has 1 saturated heterocycles. The van der Waals surface area contributed by atoms with Gasteiger partial charge in [-0.2, -0.15) is 4.99 Å². The van der Waals surface area contributed by atoms with E-state index in [-0.39, 0.29) is 23.5 Å². The summed E-state index contributed by atoms with van der Waals surface area (Å²) in [5.74, 6) is 0.325. The fourth-order valence-corrected chi connectivity index (χ4v) is 2.34. The SMILES string of the molecule is CCOC(=O)C1CCN(C(N)=Nc2ccc([N+](=O)[O-])cn2)CC1. The monoisotopic (exact) mass is 321 g/mol. The number of hydrogen-bond acceptors (Lipinski definition) is 6. The molecule has 0 bridgehead atoms. The van der Waals surface area contributed by atoms with Crippen molar-refractivity contribution in [2.45, 2.75) is 19.8 Å². The molecular formula is C14H19N5O4. The number of rotatable bonds is 4. The lowest BCUT2D eigenvalue weighted by Gasteiger charge is -2.31. The topological polar surface area (TPSA) is 124 Å². The van der Waals surface area contributed by atoms with Gasteiger partial charge in [0.25, 0.3) is 5.69 Å². The fourth-order valence-electron chi connectivity index (χ4n) is 2.34. The molecule has 124 valence electrons. The van der Waals surface area contributed by atoms with Gasteiger partial charge in [-0.05, 0) is 25.8 Å². The average molecular weight is 321 g/mol. The van der Waals surface area contributed by atoms with E-state index in [1.807, 2.05) is 4.90 Å². The molecule has 23 heavy (non-hydrogen) atoms. The highest BCUT2D eigenvalue weighted by molar-refractivity contribution is 5.81. The van der Waals surface area contributed by atoms with E-state index in [0.717, 1.165) is 6.20 Å². The smallest absolute Gasteiger partial charge is 0.309 e. The van der Waals surface area contributed by atoms with Crippen molar-refractivity contribution in [1.82, 2.24) is 9.88 Å². The average Bonchev–Trinajstić information content (AvgIpc) is 2.55. The van der Waals surface area contributed by atoms with Crippen molar-refractivity contribution in [2.75, 3.05) is 19.7 Å². The summed E-state index contributed by atoms with van der Waals surface area (Å²) in [5, 5.41) is 10.6. The highest BCUT2D eigenvalue weighted by Gasteiger charge is 2.26. The number of nitro groups is 1. The summed E-state index contributed by atoms with van der Waals surface area (Å²) in [6.07, 6.45) is 2.45. The van der Waals surface area contributed by atoms with Crippen LogP contribution < -0.4 is 5.73 Å². The van der Waals surface area contributed by atoms with Crippen LogP contribution >= 0.6 is 0 Å². The molecule has 0 amide bonds. The Hall–Kier alpha value is -2.71. The first-order valence-corrected chi connectivity index (χ1v) is 7.37. The number of ether oxygens (including phenoxy) is 1. The number of guanidine groups is 1. The number of aliphatic imine (C=N–C) groups is 1. The van der Waals surface area contributed by atoms with Gasteiger partial charge < -0.3 is 15.4 Å². The maximum Gasteiger partial charge on any atom is 0.309 e. The Morgan fingerprint density at radius 2 is 2.22 bits per heavy atom. The minimum atomic E-state index is -0.524. The first kappa shape index (κ1) is 16.7. The Balaban J connectivity index is 1.94. The van der Waals surface area contributed by atoms with Crippen LogP contribution in [0.1, 0.15) is 19.8 Å². The first-order valence-electron chi connectivity index (χ1n) is 7.37. The standard InChI is InChI=1S/C14H19N5O4/c1-2-23-13(20)10-5-7-18(8-6-10)14(15)17-12-4-3-11(9-16-12)19(21)22/h3-4,9-10H,2,5-8H2,1H3,(H2,15,16,17). The van der Waals surface area contributed by atoms with E-state index in [0.29, 0.717) is 38.4 Å². The molecule has 1 aliphatic heterocycles. The van der Waals surface area contributed by atoms with Gasteiger partial charge in [0.05, 0.1) is 17.4 Å². The largest absolute Gasteiger partial charge is 0.466 e. The molecule has 2 rings (SSSR count). The van der Waals surface area contributed by atoms with Gasteiger partial charge in [-0.1, -0.05) is 0 Å². The minimum absolute atomic E-state index is 0.0993. The number of pyridine rings is 1. The third kappa shape index (κ3) is 4.38. The van der Waals surface area contributed by atoms with E-state index in [4.69, 9.17) is 10.5 Å². The molecule has 0 atom stereocenters. The van der Waals surface area contributed by atoms with Gasteiger partial charge in [0.2, 0.25) is 0 Å². The van der Waals surface area contributed by atoms with E-state index in [9.17, 15) is 14.9 Å². The van der Waals surface area contributed by atoms with Crippen molar-refractivity contribution in [2.24, 2.45) is 16.6 Å². The number of nitrogens with two attached hydrogens (primary N) is 1. The summed E-state index contributed by atoms with van der Waals surface area (Å²) >= 11 is 0. The zero-order valence-corrected chi connectivity index (χ0v) is 12.8. The zero-order chi connectivity index (χ0) is 16.8. The third-order valence-corrected chi connectivity index (χ3v) is 3.61. The van der Waals surface area contributed by atoms with Gasteiger partial charge in [0.1, 0.15) is 6.20 Å². The van der Waals surface area contributed by atoms with Crippen LogP contribution in [0.3, 0.4) is 0 Å². The van der Waals surface area contributed by atoms with Gasteiger partial charge in [-0.15, -0.1) is 0 Å². The van der Waals surface area contributed by atoms with E-state index < -0.39 is 4.92 Å². The van der Waals surface area contributed by atoms with Gasteiger partial charge >= 0.3 is 5.97 Å². The zero-order valence-electron chi connectivity index (χ0n) is 12.8. The quantitative estimate of drug-likeness (QED) is 0.290. The molecule has 0 unspecified atom stereocenters. The molecule has 0 aliphatic carbocycles. The molecule has 1 aromatic rings. The molecule has 2 N–H and O–H groups in total. The summed E-state index contributed by atoms with van der Waals surface area (Å²) in [7, 11) is 0. The lowest BCUT2D eigenvalue weighted by molar-refractivity contribution is -0.385. The number of carbonyl (C=O) groups excluding carboxylic acids is 1. The number of aromatic nitrogens is 1. The lowest BCUT2D eigenvalue weighted by Crippen LogP contribution is -2.44. The van der Waals surface area contributed by atoms with Crippen LogP contribution in [-0.4, -0.2) is 46.4 Å². The minimum Gasteiger partial charge on any atom is -0.466 e. The van der Waals surface area contributed by atoms with Crippen LogP contribution in [0.25, 0.3) is 0 Å². The maximum atomic E-state index is 11.7. The second-order valence-corrected chi connectivity index (χ2v) is 5.12. The van der Waals surface area contributed by atoms with Crippen molar-refractivity contribution in [3.8, 4) is 0 Å². The second-order valence-electron chi connectivity index (χ2n) is 5.12. The fraction of sp³-hybridized carbons (Fsp3) is 0.500. The van der Waals surface area contributed by atoms with E-state index in [1.165, 1.54) is 12.1 Å². The Kier molecular flexibility index (Phi) is 5.45. The van der Waals surface area contributed by atoms with E-state index in [1.54, 1.807) is 6.92 Å². The summed E-state index contributed by atoms with van der Waals surface area (Å²) in [6.45, 7) is 3.38. The van der Waals surface area contributed by atoms with Crippen LogP contribution in [0.4, 0.5) is 11.5 Å². The molecule has 1 fully saturated rings. The molecule has 0 spiro atoms. The maximum absolute atomic E-state index is 11.7. The van der Waals surface area contributed by atoms with Crippen LogP contribution in [0.15, 0.2) is 23.3 Å². The Bertz CT molecular complexity index is 594. The van der Waals surface area contributed by atoms with Gasteiger partial charge in [-0.3, -0.25) is 14.9 Å². The van der Waals surface area contributed by atoms with Gasteiger partial charge in [-0.25, -0.2) is 4.98 Å². The van der Waals surface area contributed by atoms with E-state index >= 15 is 0 Å². The molecule has 0 radical (unpaired) electrons. The Morgan fingerprint density at radius 1 is 1.52 bits per heavy atom. The van der Waals surface area contributed by atoms with Crippen LogP contribution in [0.5, 0.6) is 0 Å². The predicted octanol–water partition coefficient (Wildman–Crippen LogP) is 1.21. The number of likely N-dealkylation sites (tertiary alicyclic amines) is 1. The molecule has 2 heterocycles. The third-order valence-electron chi connectivity index (χ3n) is 3.61. The van der Waals surface area contributed by atoms with E-state index in [2.05, 4.69) is 9.98 Å². The number of nitrogens with zero attached hydrogens (tertiary/aromatic N) is 4. The lowest BCUT2D eigenvalue weighted by atomic mass is 9.97. The van der Waals surface area contributed by atoms with Crippen LogP contribution in [0, 0.1) is 16.0 Å². The molecular weight excluding hydrogens is 302 g/mol.